The van der Waals surface area contributed by atoms with Crippen LogP contribution in [0.2, 0.25) is 0 Å². The van der Waals surface area contributed by atoms with Gasteiger partial charge >= 0.3 is 5.97 Å². The van der Waals surface area contributed by atoms with E-state index in [4.69, 9.17) is 5.11 Å². The summed E-state index contributed by atoms with van der Waals surface area (Å²) in [6, 6.07) is -0.808. The van der Waals surface area contributed by atoms with Crippen molar-refractivity contribution in [3.63, 3.8) is 0 Å². The normalized spacial score (nSPS) is 20.7. The van der Waals surface area contributed by atoms with E-state index in [2.05, 4.69) is 31.0 Å². The number of aliphatic hydroxyl groups is 1. The van der Waals surface area contributed by atoms with Gasteiger partial charge in [0.1, 0.15) is 35.0 Å². The number of nitrogens with one attached hydrogen (secondary N) is 1. The summed E-state index contributed by atoms with van der Waals surface area (Å²) in [4.78, 5) is 37.8. The predicted molar refractivity (Wildman–Crippen MR) is 104 cm³/mol. The molecule has 4 rings (SSSR count). The van der Waals surface area contributed by atoms with Crippen LogP contribution in [-0.4, -0.2) is 86.2 Å². The number of hydrogen-bond acceptors (Lipinski definition) is 12. The summed E-state index contributed by atoms with van der Waals surface area (Å²) in [6.07, 6.45) is 1.28. The number of fused-ring (bicyclic) bond motifs is 1. The molecule has 13 nitrogen and oxygen atoms in total. The zero-order valence-electron chi connectivity index (χ0n) is 15.0. The maximum absolute atomic E-state index is 12.6. The number of carbonyl (C=O) groups excluding carboxylic acids is 2. The van der Waals surface area contributed by atoms with Gasteiger partial charge in [-0.3, -0.25) is 14.5 Å². The van der Waals surface area contributed by atoms with Gasteiger partial charge in [-0.25, -0.2) is 9.48 Å². The Morgan fingerprint density at radius 2 is 2.20 bits per heavy atom. The molecule has 1 saturated heterocycles. The highest BCUT2D eigenvalue weighted by molar-refractivity contribution is 8.01. The second-order valence-electron chi connectivity index (χ2n) is 6.13. The molecule has 3 N–H and O–H groups in total. The summed E-state index contributed by atoms with van der Waals surface area (Å²) in [5.74, 6) is -1.40. The number of tetrazole rings is 1. The Labute approximate surface area is 180 Å². The molecule has 2 amide bonds. The van der Waals surface area contributed by atoms with Crippen LogP contribution in [0.5, 0.6) is 0 Å². The average Bonchev–Trinajstić information content (AvgIpc) is 3.41. The molecule has 0 saturated carbocycles. The third-order valence-corrected chi connectivity index (χ3v) is 7.68. The fourth-order valence-corrected chi connectivity index (χ4v) is 6.16. The van der Waals surface area contributed by atoms with Crippen molar-refractivity contribution in [2.45, 2.75) is 28.9 Å². The number of aliphatic carboxylic acids is 1. The lowest BCUT2D eigenvalue weighted by Crippen LogP contribution is -2.70. The van der Waals surface area contributed by atoms with Crippen LogP contribution in [0.25, 0.3) is 0 Å². The molecular weight excluding hydrogens is 456 g/mol. The topological polar surface area (TPSA) is 176 Å². The Morgan fingerprint density at radius 1 is 1.37 bits per heavy atom. The predicted octanol–water partition coefficient (Wildman–Crippen LogP) is -1.45. The monoisotopic (exact) mass is 470 g/mol. The summed E-state index contributed by atoms with van der Waals surface area (Å²) >= 11 is 3.91. The molecule has 0 spiro atoms. The van der Waals surface area contributed by atoms with E-state index >= 15 is 0 Å². The zero-order chi connectivity index (χ0) is 21.3. The molecule has 30 heavy (non-hydrogen) atoms. The van der Waals surface area contributed by atoms with Crippen molar-refractivity contribution in [3.8, 4) is 0 Å². The van der Waals surface area contributed by atoms with Gasteiger partial charge in [-0.15, -0.1) is 27.1 Å². The van der Waals surface area contributed by atoms with Gasteiger partial charge < -0.3 is 15.5 Å². The lowest BCUT2D eigenvalue weighted by atomic mass is 10.0. The first-order chi connectivity index (χ1) is 14.5. The van der Waals surface area contributed by atoms with Gasteiger partial charge in [0.05, 0.1) is 6.61 Å². The van der Waals surface area contributed by atoms with Gasteiger partial charge in [0.2, 0.25) is 5.91 Å². The lowest BCUT2D eigenvalue weighted by Gasteiger charge is -2.49. The van der Waals surface area contributed by atoms with E-state index < -0.39 is 29.2 Å². The van der Waals surface area contributed by atoms with Crippen molar-refractivity contribution in [1.29, 1.82) is 0 Å². The molecule has 0 bridgehead atoms. The number of carboxylic acid groups (broad SMARTS) is 1. The molecule has 1 unspecified atom stereocenters. The second-order valence-corrected chi connectivity index (χ2v) is 9.52. The Morgan fingerprint density at radius 3 is 2.87 bits per heavy atom. The van der Waals surface area contributed by atoms with E-state index in [1.165, 1.54) is 50.8 Å². The van der Waals surface area contributed by atoms with Crippen LogP contribution >= 0.6 is 34.9 Å². The fraction of sp³-hybridized carbons (Fsp3) is 0.429. The van der Waals surface area contributed by atoms with Crippen molar-refractivity contribution < 1.29 is 24.6 Å². The van der Waals surface area contributed by atoms with E-state index in [9.17, 15) is 19.5 Å². The minimum atomic E-state index is -1.20. The first-order valence-electron chi connectivity index (χ1n) is 8.44. The van der Waals surface area contributed by atoms with E-state index in [-0.39, 0.29) is 18.8 Å². The van der Waals surface area contributed by atoms with Crippen molar-refractivity contribution in [1.82, 2.24) is 40.6 Å². The van der Waals surface area contributed by atoms with Crippen LogP contribution < -0.4 is 5.32 Å². The number of carboxylic acids is 1. The summed E-state index contributed by atoms with van der Waals surface area (Å²) in [6.45, 7) is -0.350. The Kier molecular flexibility index (Phi) is 5.98. The molecule has 4 heterocycles. The number of aromatic nitrogens is 6. The van der Waals surface area contributed by atoms with Crippen LogP contribution in [0.3, 0.4) is 0 Å². The van der Waals surface area contributed by atoms with Crippen LogP contribution in [0.4, 0.5) is 0 Å². The molecule has 158 valence electrons. The minimum Gasteiger partial charge on any atom is -0.477 e. The molecule has 2 aliphatic heterocycles. The Hall–Kier alpha value is -2.56. The summed E-state index contributed by atoms with van der Waals surface area (Å²) < 4.78 is 1.82. The highest BCUT2D eigenvalue weighted by atomic mass is 32.2. The van der Waals surface area contributed by atoms with E-state index in [1.54, 1.807) is 0 Å². The highest BCUT2D eigenvalue weighted by Gasteiger charge is 2.54. The first kappa shape index (κ1) is 20.7. The minimum absolute atomic E-state index is 0.0610. The average molecular weight is 471 g/mol. The molecule has 2 atom stereocenters. The number of hydrogen-bond donors (Lipinski definition) is 3. The number of rotatable bonds is 8. The van der Waals surface area contributed by atoms with Crippen molar-refractivity contribution in [3.05, 3.63) is 22.6 Å². The van der Waals surface area contributed by atoms with Gasteiger partial charge in [-0.2, -0.15) is 0 Å². The van der Waals surface area contributed by atoms with Gasteiger partial charge in [-0.1, -0.05) is 23.1 Å². The van der Waals surface area contributed by atoms with Crippen molar-refractivity contribution in [2.24, 2.45) is 0 Å². The molecule has 2 aromatic heterocycles. The van der Waals surface area contributed by atoms with Crippen molar-refractivity contribution in [2.75, 3.05) is 11.5 Å². The number of aliphatic hydroxyl groups excluding tert-OH is 1. The SMILES string of the molecule is O=C(Cn1cnnn1)NC1C(=O)N2C(C(=O)O)=C(CSc3nnc(CO)s3)CS[C@@H]12. The van der Waals surface area contributed by atoms with Crippen LogP contribution in [0.15, 0.2) is 21.9 Å². The van der Waals surface area contributed by atoms with Crippen LogP contribution in [0, 0.1) is 0 Å². The van der Waals surface area contributed by atoms with Crippen molar-refractivity contribution >= 4 is 52.6 Å². The summed E-state index contributed by atoms with van der Waals surface area (Å²) in [5.41, 5.74) is 0.524. The molecule has 2 aliphatic rings. The molecule has 16 heteroatoms. The Bertz CT molecular complexity index is 1010. The third-order valence-electron chi connectivity index (χ3n) is 4.22. The number of β-lactam (4-membered cyclic amide) rings is 1. The van der Waals surface area contributed by atoms with Gasteiger partial charge in [0.15, 0.2) is 4.34 Å². The fourth-order valence-electron chi connectivity index (χ4n) is 2.92. The number of amides is 2. The molecular formula is C14H14N8O5S3. The summed E-state index contributed by atoms with van der Waals surface area (Å²) in [7, 11) is 0. The van der Waals surface area contributed by atoms with Gasteiger partial charge in [0.25, 0.3) is 5.91 Å². The van der Waals surface area contributed by atoms with E-state index in [1.807, 2.05) is 0 Å². The molecule has 1 fully saturated rings. The standard InChI is InChI=1S/C14H14N8O5S3/c23-2-8-17-18-14(30-8)29-4-6-3-28-12-9(11(25)22(12)10(6)13(26)27)16-7(24)1-21-5-15-19-20-21/h5,9,12,23H,1-4H2,(H,16,24)(H,26,27)/t9?,12-/m0/s1. The number of nitrogens with zero attached hydrogens (tertiary/aromatic N) is 7. The quantitative estimate of drug-likeness (QED) is 0.302. The van der Waals surface area contributed by atoms with E-state index in [0.717, 1.165) is 0 Å². The third kappa shape index (κ3) is 4.03. The molecule has 0 radical (unpaired) electrons. The zero-order valence-corrected chi connectivity index (χ0v) is 17.5. The smallest absolute Gasteiger partial charge is 0.352 e. The molecule has 2 aromatic rings. The van der Waals surface area contributed by atoms with Crippen LogP contribution in [0.1, 0.15) is 5.01 Å². The van der Waals surface area contributed by atoms with Gasteiger partial charge in [-0.05, 0) is 16.0 Å². The number of carbonyl (C=O) groups is 3. The lowest BCUT2D eigenvalue weighted by molar-refractivity contribution is -0.150. The highest BCUT2D eigenvalue weighted by Crippen LogP contribution is 2.41. The Balaban J connectivity index is 1.43. The largest absolute Gasteiger partial charge is 0.477 e. The van der Waals surface area contributed by atoms with Crippen LogP contribution in [-0.2, 0) is 27.5 Å². The number of thioether (sulfide) groups is 2. The maximum Gasteiger partial charge on any atom is 0.352 e. The molecule has 0 aliphatic carbocycles. The molecule has 0 aromatic carbocycles. The second kappa shape index (κ2) is 8.66. The van der Waals surface area contributed by atoms with E-state index in [0.29, 0.717) is 26.4 Å². The summed E-state index contributed by atoms with van der Waals surface area (Å²) in [5, 5.41) is 39.5. The van der Waals surface area contributed by atoms with Gasteiger partial charge in [0, 0.05) is 11.5 Å². The first-order valence-corrected chi connectivity index (χ1v) is 11.3. The maximum atomic E-state index is 12.6.